The average Bonchev–Trinajstić information content (AvgIpc) is 3.08. The van der Waals surface area contributed by atoms with Crippen LogP contribution in [0.3, 0.4) is 0 Å². The van der Waals surface area contributed by atoms with E-state index >= 15 is 0 Å². The van der Waals surface area contributed by atoms with Crippen molar-refractivity contribution in [1.29, 1.82) is 0 Å². The molecule has 168 valence electrons. The number of nitrogens with one attached hydrogen (secondary N) is 1. The lowest BCUT2D eigenvalue weighted by atomic mass is 10.1. The zero-order valence-corrected chi connectivity index (χ0v) is 18.1. The van der Waals surface area contributed by atoms with E-state index in [-0.39, 0.29) is 29.5 Å². The summed E-state index contributed by atoms with van der Waals surface area (Å²) in [5.41, 5.74) is 4.19. The normalized spacial score (nSPS) is 16.5. The van der Waals surface area contributed by atoms with E-state index < -0.39 is 26.8 Å². The van der Waals surface area contributed by atoms with E-state index in [4.69, 9.17) is 5.14 Å². The molecule has 2 aromatic carbocycles. The predicted octanol–water partition coefficient (Wildman–Crippen LogP) is 1.36. The van der Waals surface area contributed by atoms with Crippen LogP contribution >= 0.6 is 0 Å². The maximum Gasteiger partial charge on any atom is 0.269 e. The van der Waals surface area contributed by atoms with Gasteiger partial charge in [-0.2, -0.15) is 5.10 Å². The van der Waals surface area contributed by atoms with Crippen molar-refractivity contribution in [2.45, 2.75) is 25.2 Å². The molecule has 1 atom stereocenters. The zero-order chi connectivity index (χ0) is 23.6. The maximum absolute atomic E-state index is 12.5. The monoisotopic (exact) mass is 459 g/mol. The third-order valence-corrected chi connectivity index (χ3v) is 6.24. The number of non-ortho nitro benzene ring substituents is 1. The maximum atomic E-state index is 12.5. The van der Waals surface area contributed by atoms with E-state index in [0.29, 0.717) is 22.4 Å². The van der Waals surface area contributed by atoms with Crippen LogP contribution in [-0.2, 0) is 19.6 Å². The second-order valence-corrected chi connectivity index (χ2v) is 8.94. The van der Waals surface area contributed by atoms with Crippen LogP contribution in [0.1, 0.15) is 23.1 Å². The Morgan fingerprint density at radius 1 is 1.25 bits per heavy atom. The first kappa shape index (κ1) is 23.0. The fourth-order valence-corrected chi connectivity index (χ4v) is 4.62. The van der Waals surface area contributed by atoms with Crippen molar-refractivity contribution in [2.75, 3.05) is 11.4 Å². The summed E-state index contributed by atoms with van der Waals surface area (Å²) in [5.74, 6) is -1.37. The zero-order valence-electron chi connectivity index (χ0n) is 17.3. The molecule has 2 aromatic rings. The number of primary sulfonamides is 1. The van der Waals surface area contributed by atoms with Gasteiger partial charge in [-0.15, -0.1) is 0 Å². The molecule has 1 aliphatic rings. The van der Waals surface area contributed by atoms with Gasteiger partial charge >= 0.3 is 0 Å². The molecule has 0 bridgehead atoms. The van der Waals surface area contributed by atoms with Gasteiger partial charge in [0.15, 0.2) is 0 Å². The summed E-state index contributed by atoms with van der Waals surface area (Å²) in [7, 11) is -3.90. The second-order valence-electron chi connectivity index (χ2n) is 7.44. The number of sulfonamides is 1. The van der Waals surface area contributed by atoms with Crippen LogP contribution in [-0.4, -0.2) is 37.9 Å². The summed E-state index contributed by atoms with van der Waals surface area (Å²) in [4.78, 5) is 36.5. The molecule has 1 aliphatic heterocycles. The largest absolute Gasteiger partial charge is 0.312 e. The number of benzene rings is 2. The number of amides is 2. The Morgan fingerprint density at radius 3 is 2.38 bits per heavy atom. The first-order chi connectivity index (χ1) is 15.0. The molecule has 0 spiro atoms. The first-order valence-electron chi connectivity index (χ1n) is 9.49. The van der Waals surface area contributed by atoms with Gasteiger partial charge in [-0.05, 0) is 54.8 Å². The Kier molecular flexibility index (Phi) is 6.37. The van der Waals surface area contributed by atoms with Crippen molar-refractivity contribution in [3.8, 4) is 0 Å². The van der Waals surface area contributed by atoms with Crippen molar-refractivity contribution in [3.63, 3.8) is 0 Å². The van der Waals surface area contributed by atoms with Crippen LogP contribution in [0.4, 0.5) is 11.4 Å². The van der Waals surface area contributed by atoms with E-state index in [0.717, 1.165) is 0 Å². The smallest absolute Gasteiger partial charge is 0.269 e. The number of hydrazone groups is 1. The van der Waals surface area contributed by atoms with E-state index in [1.165, 1.54) is 35.4 Å². The Bertz CT molecular complexity index is 1200. The number of nitrogens with zero attached hydrogens (tertiary/aromatic N) is 3. The van der Waals surface area contributed by atoms with Crippen molar-refractivity contribution in [2.24, 2.45) is 16.2 Å². The molecule has 0 radical (unpaired) electrons. The number of hydrogen-bond acceptors (Lipinski definition) is 7. The number of carbonyl (C=O) groups excluding carboxylic acids is 2. The number of hydrogen-bond donors (Lipinski definition) is 2. The SMILES string of the molecule is Cc1cc(N2CC(C(=O)N/N=C/c3ccc([N+](=O)[O-])cc3)CC2=O)cc(C)c1S(N)(=O)=O. The van der Waals surface area contributed by atoms with Gasteiger partial charge in [-0.3, -0.25) is 19.7 Å². The number of rotatable bonds is 6. The van der Waals surface area contributed by atoms with Crippen molar-refractivity contribution < 1.29 is 22.9 Å². The van der Waals surface area contributed by atoms with Crippen LogP contribution in [0.25, 0.3) is 0 Å². The van der Waals surface area contributed by atoms with Crippen molar-refractivity contribution >= 4 is 39.4 Å². The lowest BCUT2D eigenvalue weighted by molar-refractivity contribution is -0.384. The number of anilines is 1. The molecule has 1 unspecified atom stereocenters. The van der Waals surface area contributed by atoms with Gasteiger partial charge in [0, 0.05) is 30.8 Å². The van der Waals surface area contributed by atoms with Crippen molar-refractivity contribution in [1.82, 2.24) is 5.43 Å². The summed E-state index contributed by atoms with van der Waals surface area (Å²) in [6, 6.07) is 8.73. The lowest BCUT2D eigenvalue weighted by Gasteiger charge is -2.19. The third kappa shape index (κ3) is 4.98. The summed E-state index contributed by atoms with van der Waals surface area (Å²) in [6.07, 6.45) is 1.32. The minimum atomic E-state index is -3.90. The van der Waals surface area contributed by atoms with Gasteiger partial charge < -0.3 is 4.90 Å². The summed E-state index contributed by atoms with van der Waals surface area (Å²) in [5, 5.41) is 19.8. The molecule has 3 rings (SSSR count). The Balaban J connectivity index is 1.67. The fraction of sp³-hybridized carbons (Fsp3) is 0.250. The van der Waals surface area contributed by atoms with Gasteiger partial charge in [0.05, 0.1) is 22.0 Å². The number of aryl methyl sites for hydroxylation is 2. The highest BCUT2D eigenvalue weighted by molar-refractivity contribution is 7.89. The highest BCUT2D eigenvalue weighted by Crippen LogP contribution is 2.30. The number of nitro benzene ring substituents is 1. The average molecular weight is 459 g/mol. The van der Waals surface area contributed by atoms with E-state index in [9.17, 15) is 28.1 Å². The van der Waals surface area contributed by atoms with Gasteiger partial charge in [0.25, 0.3) is 5.69 Å². The molecular formula is C20H21N5O6S. The molecule has 0 aromatic heterocycles. The number of carbonyl (C=O) groups is 2. The molecule has 2 amide bonds. The standard InChI is InChI=1S/C20H21N5O6S/c1-12-7-17(8-13(2)19(12)32(21,30)31)24-11-15(9-18(24)26)20(27)23-22-10-14-3-5-16(6-4-14)25(28)29/h3-8,10,15H,9,11H2,1-2H3,(H,23,27)(H2,21,30,31)/b22-10+. The summed E-state index contributed by atoms with van der Waals surface area (Å²) in [6.45, 7) is 3.30. The van der Waals surface area contributed by atoms with E-state index in [2.05, 4.69) is 10.5 Å². The van der Waals surface area contributed by atoms with Gasteiger partial charge in [-0.25, -0.2) is 19.0 Å². The minimum absolute atomic E-state index is 0.0165. The van der Waals surface area contributed by atoms with E-state index in [1.54, 1.807) is 26.0 Å². The van der Waals surface area contributed by atoms with Gasteiger partial charge in [0.2, 0.25) is 21.8 Å². The molecular weight excluding hydrogens is 438 g/mol. The Hall–Kier alpha value is -3.64. The van der Waals surface area contributed by atoms with Crippen LogP contribution < -0.4 is 15.5 Å². The molecule has 1 fully saturated rings. The molecule has 1 saturated heterocycles. The molecule has 1 heterocycles. The molecule has 12 heteroatoms. The number of nitro groups is 1. The lowest BCUT2D eigenvalue weighted by Crippen LogP contribution is -2.30. The van der Waals surface area contributed by atoms with Crippen LogP contribution in [0.2, 0.25) is 0 Å². The molecule has 0 aliphatic carbocycles. The van der Waals surface area contributed by atoms with E-state index in [1.807, 2.05) is 0 Å². The van der Waals surface area contributed by atoms with Gasteiger partial charge in [0.1, 0.15) is 0 Å². The van der Waals surface area contributed by atoms with Crippen LogP contribution in [0, 0.1) is 29.9 Å². The highest BCUT2D eigenvalue weighted by atomic mass is 32.2. The molecule has 3 N–H and O–H groups in total. The second kappa shape index (κ2) is 8.85. The summed E-state index contributed by atoms with van der Waals surface area (Å²) >= 11 is 0. The quantitative estimate of drug-likeness (QED) is 0.376. The molecule has 32 heavy (non-hydrogen) atoms. The predicted molar refractivity (Wildman–Crippen MR) is 117 cm³/mol. The topological polar surface area (TPSA) is 165 Å². The fourth-order valence-electron chi connectivity index (χ4n) is 3.61. The third-order valence-electron chi connectivity index (χ3n) is 5.03. The first-order valence-corrected chi connectivity index (χ1v) is 11.0. The van der Waals surface area contributed by atoms with Gasteiger partial charge in [-0.1, -0.05) is 0 Å². The molecule has 11 nitrogen and oxygen atoms in total. The van der Waals surface area contributed by atoms with Crippen LogP contribution in [0.15, 0.2) is 46.4 Å². The minimum Gasteiger partial charge on any atom is -0.312 e. The van der Waals surface area contributed by atoms with Crippen LogP contribution in [0.5, 0.6) is 0 Å². The highest BCUT2D eigenvalue weighted by Gasteiger charge is 2.35. The Morgan fingerprint density at radius 2 is 1.84 bits per heavy atom. The Labute approximate surface area is 184 Å². The number of nitrogens with two attached hydrogens (primary N) is 1. The molecule has 0 saturated carbocycles. The van der Waals surface area contributed by atoms with Crippen molar-refractivity contribution in [3.05, 3.63) is 63.2 Å². The summed E-state index contributed by atoms with van der Waals surface area (Å²) < 4.78 is 23.5.